The van der Waals surface area contributed by atoms with Gasteiger partial charge in [-0.2, -0.15) is 0 Å². The quantitative estimate of drug-likeness (QED) is 0.810. The second kappa shape index (κ2) is 5.95. The summed E-state index contributed by atoms with van der Waals surface area (Å²) < 4.78 is 5.13. The van der Waals surface area contributed by atoms with Crippen molar-refractivity contribution in [3.63, 3.8) is 0 Å². The molecule has 1 aliphatic heterocycles. The van der Waals surface area contributed by atoms with E-state index in [0.29, 0.717) is 19.7 Å². The maximum Gasteiger partial charge on any atom is 0.409 e. The van der Waals surface area contributed by atoms with Crippen molar-refractivity contribution < 1.29 is 9.53 Å². The molecule has 2 heterocycles. The molecule has 0 saturated carbocycles. The van der Waals surface area contributed by atoms with Crippen LogP contribution in [0.15, 0.2) is 18.2 Å². The number of amides is 1. The Balaban J connectivity index is 1.96. The van der Waals surface area contributed by atoms with Crippen molar-refractivity contribution in [2.75, 3.05) is 19.7 Å². The summed E-state index contributed by atoms with van der Waals surface area (Å²) in [7, 11) is 0. The summed E-state index contributed by atoms with van der Waals surface area (Å²) in [6.45, 7) is 7.91. The Morgan fingerprint density at radius 2 is 2.05 bits per heavy atom. The highest BCUT2D eigenvalue weighted by molar-refractivity contribution is 5.84. The van der Waals surface area contributed by atoms with Crippen molar-refractivity contribution in [2.24, 2.45) is 0 Å². The molecule has 1 aliphatic rings. The van der Waals surface area contributed by atoms with E-state index in [4.69, 9.17) is 9.72 Å². The van der Waals surface area contributed by atoms with Gasteiger partial charge in [-0.05, 0) is 50.5 Å². The molecule has 1 aromatic carbocycles. The Bertz CT molecular complexity index is 725. The predicted octanol–water partition coefficient (Wildman–Crippen LogP) is 3.41. The Hall–Kier alpha value is -2.10. The Kier molecular flexibility index (Phi) is 4.01. The van der Waals surface area contributed by atoms with Crippen LogP contribution in [0.2, 0.25) is 0 Å². The van der Waals surface area contributed by atoms with Crippen LogP contribution in [0, 0.1) is 13.8 Å². The standard InChI is InChI=1S/C18H22N2O2/c1-4-22-18(21)20-9-7-14-13(3)15-11-12(2)5-6-16(15)19-17(14)8-10-20/h5-6,11H,4,7-10H2,1-3H3. The van der Waals surface area contributed by atoms with E-state index in [-0.39, 0.29) is 6.09 Å². The number of ether oxygens (including phenoxy) is 1. The zero-order chi connectivity index (χ0) is 15.7. The van der Waals surface area contributed by atoms with Crippen LogP contribution in [-0.4, -0.2) is 35.7 Å². The van der Waals surface area contributed by atoms with E-state index in [1.165, 1.54) is 22.1 Å². The number of aryl methyl sites for hydroxylation is 2. The topological polar surface area (TPSA) is 42.4 Å². The van der Waals surface area contributed by atoms with Gasteiger partial charge in [0.2, 0.25) is 0 Å². The Labute approximate surface area is 131 Å². The van der Waals surface area contributed by atoms with Gasteiger partial charge < -0.3 is 9.64 Å². The second-order valence-electron chi connectivity index (χ2n) is 5.87. The van der Waals surface area contributed by atoms with Gasteiger partial charge in [0.15, 0.2) is 0 Å². The second-order valence-corrected chi connectivity index (χ2v) is 5.87. The molecule has 0 N–H and O–H groups in total. The molecule has 2 aromatic rings. The largest absolute Gasteiger partial charge is 0.450 e. The fourth-order valence-corrected chi connectivity index (χ4v) is 3.17. The van der Waals surface area contributed by atoms with E-state index in [2.05, 4.69) is 32.0 Å². The van der Waals surface area contributed by atoms with Gasteiger partial charge in [-0.15, -0.1) is 0 Å². The number of rotatable bonds is 1. The molecule has 0 atom stereocenters. The first-order chi connectivity index (χ1) is 10.6. The van der Waals surface area contributed by atoms with Crippen LogP contribution >= 0.6 is 0 Å². The molecule has 0 bridgehead atoms. The summed E-state index contributed by atoms with van der Waals surface area (Å²) in [5, 5.41) is 1.23. The van der Waals surface area contributed by atoms with Gasteiger partial charge in [-0.1, -0.05) is 11.6 Å². The van der Waals surface area contributed by atoms with Crippen molar-refractivity contribution in [3.05, 3.63) is 40.6 Å². The minimum atomic E-state index is -0.214. The molecule has 0 aliphatic carbocycles. The zero-order valence-electron chi connectivity index (χ0n) is 13.5. The lowest BCUT2D eigenvalue weighted by atomic mass is 9.97. The summed E-state index contributed by atoms with van der Waals surface area (Å²) >= 11 is 0. The normalized spacial score (nSPS) is 14.6. The van der Waals surface area contributed by atoms with E-state index in [1.54, 1.807) is 4.90 Å². The molecule has 0 radical (unpaired) electrons. The summed E-state index contributed by atoms with van der Waals surface area (Å²) in [4.78, 5) is 18.6. The Morgan fingerprint density at radius 3 is 2.82 bits per heavy atom. The van der Waals surface area contributed by atoms with Crippen LogP contribution in [0.3, 0.4) is 0 Å². The summed E-state index contributed by atoms with van der Waals surface area (Å²) in [6, 6.07) is 6.39. The molecule has 3 rings (SSSR count). The van der Waals surface area contributed by atoms with E-state index < -0.39 is 0 Å². The smallest absolute Gasteiger partial charge is 0.409 e. The lowest BCUT2D eigenvalue weighted by molar-refractivity contribution is 0.109. The number of hydrogen-bond acceptors (Lipinski definition) is 3. The van der Waals surface area contributed by atoms with Crippen LogP contribution in [0.25, 0.3) is 10.9 Å². The molecule has 22 heavy (non-hydrogen) atoms. The number of aromatic nitrogens is 1. The maximum absolute atomic E-state index is 11.9. The highest BCUT2D eigenvalue weighted by Gasteiger charge is 2.22. The molecule has 0 fully saturated rings. The van der Waals surface area contributed by atoms with Crippen molar-refractivity contribution in [1.29, 1.82) is 0 Å². The number of pyridine rings is 1. The lowest BCUT2D eigenvalue weighted by Crippen LogP contribution is -2.33. The first-order valence-electron chi connectivity index (χ1n) is 7.90. The van der Waals surface area contributed by atoms with E-state index in [1.807, 2.05) is 6.92 Å². The van der Waals surface area contributed by atoms with Crippen molar-refractivity contribution in [2.45, 2.75) is 33.6 Å². The van der Waals surface area contributed by atoms with Crippen LogP contribution in [0.1, 0.15) is 29.3 Å². The first kappa shape index (κ1) is 14.8. The van der Waals surface area contributed by atoms with Crippen molar-refractivity contribution in [3.8, 4) is 0 Å². The van der Waals surface area contributed by atoms with E-state index >= 15 is 0 Å². The molecule has 4 nitrogen and oxygen atoms in total. The molecule has 1 amide bonds. The minimum absolute atomic E-state index is 0.214. The number of fused-ring (bicyclic) bond motifs is 2. The fraction of sp³-hybridized carbons (Fsp3) is 0.444. The maximum atomic E-state index is 11.9. The molecule has 0 saturated heterocycles. The lowest BCUT2D eigenvalue weighted by Gasteiger charge is -2.18. The highest BCUT2D eigenvalue weighted by Crippen LogP contribution is 2.26. The zero-order valence-corrected chi connectivity index (χ0v) is 13.5. The SMILES string of the molecule is CCOC(=O)N1CCc2nc3ccc(C)cc3c(C)c2CC1. The number of benzene rings is 1. The summed E-state index contributed by atoms with van der Waals surface area (Å²) in [6.07, 6.45) is 1.42. The number of carbonyl (C=O) groups excluding carboxylic acids is 1. The van der Waals surface area contributed by atoms with Crippen LogP contribution in [-0.2, 0) is 17.6 Å². The van der Waals surface area contributed by atoms with Crippen molar-refractivity contribution in [1.82, 2.24) is 9.88 Å². The van der Waals surface area contributed by atoms with E-state index in [9.17, 15) is 4.79 Å². The monoisotopic (exact) mass is 298 g/mol. The average molecular weight is 298 g/mol. The highest BCUT2D eigenvalue weighted by atomic mass is 16.6. The molecule has 116 valence electrons. The third-order valence-electron chi connectivity index (χ3n) is 4.39. The Morgan fingerprint density at radius 1 is 1.27 bits per heavy atom. The van der Waals surface area contributed by atoms with Gasteiger partial charge in [-0.25, -0.2) is 4.79 Å². The summed E-state index contributed by atoms with van der Waals surface area (Å²) in [5.74, 6) is 0. The van der Waals surface area contributed by atoms with Gasteiger partial charge in [0.1, 0.15) is 0 Å². The number of hydrogen-bond donors (Lipinski definition) is 0. The number of carbonyl (C=O) groups is 1. The van der Waals surface area contributed by atoms with Crippen LogP contribution in [0.4, 0.5) is 4.79 Å². The summed E-state index contributed by atoms with van der Waals surface area (Å²) in [5.41, 5.74) is 6.02. The third-order valence-corrected chi connectivity index (χ3v) is 4.39. The molecular weight excluding hydrogens is 276 g/mol. The fourth-order valence-electron chi connectivity index (χ4n) is 3.17. The molecule has 1 aromatic heterocycles. The van der Waals surface area contributed by atoms with Crippen LogP contribution < -0.4 is 0 Å². The van der Waals surface area contributed by atoms with Gasteiger partial charge in [0, 0.05) is 30.6 Å². The molecular formula is C18H22N2O2. The van der Waals surface area contributed by atoms with Crippen molar-refractivity contribution >= 4 is 17.0 Å². The van der Waals surface area contributed by atoms with Gasteiger partial charge in [0.05, 0.1) is 12.1 Å². The number of nitrogens with zero attached hydrogens (tertiary/aromatic N) is 2. The van der Waals surface area contributed by atoms with Gasteiger partial charge in [-0.3, -0.25) is 4.98 Å². The molecule has 4 heteroatoms. The third kappa shape index (κ3) is 2.65. The van der Waals surface area contributed by atoms with Gasteiger partial charge in [0.25, 0.3) is 0 Å². The molecule has 0 spiro atoms. The average Bonchev–Trinajstić information content (AvgIpc) is 2.71. The molecule has 0 unspecified atom stereocenters. The minimum Gasteiger partial charge on any atom is -0.450 e. The predicted molar refractivity (Wildman–Crippen MR) is 87.2 cm³/mol. The van der Waals surface area contributed by atoms with Gasteiger partial charge >= 0.3 is 6.09 Å². The van der Waals surface area contributed by atoms with E-state index in [0.717, 1.165) is 24.1 Å². The first-order valence-corrected chi connectivity index (χ1v) is 7.90. The van der Waals surface area contributed by atoms with Crippen LogP contribution in [0.5, 0.6) is 0 Å².